The van der Waals surface area contributed by atoms with Crippen LogP contribution in [0.15, 0.2) is 67.3 Å². The Labute approximate surface area is 174 Å². The number of hydrogen-bond acceptors (Lipinski definition) is 3. The zero-order valence-corrected chi connectivity index (χ0v) is 17.9. The van der Waals surface area contributed by atoms with Crippen LogP contribution in [-0.4, -0.2) is 18.3 Å². The van der Waals surface area contributed by atoms with Crippen molar-refractivity contribution in [2.75, 3.05) is 5.32 Å². The first kappa shape index (κ1) is 19.7. The van der Waals surface area contributed by atoms with Gasteiger partial charge in [0.15, 0.2) is 0 Å². The second-order valence-electron chi connectivity index (χ2n) is 8.60. The molecule has 0 unspecified atom stereocenters. The molecule has 0 aliphatic carbocycles. The summed E-state index contributed by atoms with van der Waals surface area (Å²) in [4.78, 5) is 0. The Hall–Kier alpha value is -2.56. The van der Waals surface area contributed by atoms with Gasteiger partial charge in [-0.15, -0.1) is 0 Å². The van der Waals surface area contributed by atoms with Crippen LogP contribution in [0.25, 0.3) is 11.1 Å². The van der Waals surface area contributed by atoms with Crippen molar-refractivity contribution in [3.63, 3.8) is 0 Å². The van der Waals surface area contributed by atoms with E-state index in [1.165, 1.54) is 0 Å². The topological polar surface area (TPSA) is 30.5 Å². The van der Waals surface area contributed by atoms with Crippen LogP contribution in [0.4, 0.5) is 11.4 Å². The van der Waals surface area contributed by atoms with Crippen LogP contribution >= 0.6 is 0 Å². The fourth-order valence-corrected chi connectivity index (χ4v) is 3.85. The highest BCUT2D eigenvalue weighted by atomic mass is 16.7. The van der Waals surface area contributed by atoms with Gasteiger partial charge in [-0.25, -0.2) is 0 Å². The number of anilines is 2. The van der Waals surface area contributed by atoms with Crippen LogP contribution in [0.5, 0.6) is 0 Å². The SMILES string of the molecule is C=CC1=C(/C=C\C)c2ccc(B3OC(C)(C)C(C)(C)O3)cc2Nc2ccccc21. The summed E-state index contributed by atoms with van der Waals surface area (Å²) in [7, 11) is -0.390. The van der Waals surface area contributed by atoms with Gasteiger partial charge in [0.1, 0.15) is 0 Å². The maximum absolute atomic E-state index is 6.27. The second-order valence-corrected chi connectivity index (χ2v) is 8.60. The van der Waals surface area contributed by atoms with E-state index in [0.717, 1.165) is 39.1 Å². The summed E-state index contributed by atoms with van der Waals surface area (Å²) in [6.07, 6.45) is 6.15. The molecule has 4 heteroatoms. The molecular weight excluding hydrogens is 357 g/mol. The van der Waals surface area contributed by atoms with Gasteiger partial charge in [0.2, 0.25) is 0 Å². The summed E-state index contributed by atoms with van der Waals surface area (Å²) < 4.78 is 12.5. The van der Waals surface area contributed by atoms with E-state index in [2.05, 4.69) is 88.1 Å². The van der Waals surface area contributed by atoms with E-state index in [0.29, 0.717) is 0 Å². The molecule has 0 amide bonds. The highest BCUT2D eigenvalue weighted by Gasteiger charge is 2.51. The molecule has 0 saturated carbocycles. The summed E-state index contributed by atoms with van der Waals surface area (Å²) >= 11 is 0. The molecule has 4 rings (SSSR count). The predicted octanol–water partition coefficient (Wildman–Crippen LogP) is 5.72. The number of nitrogens with one attached hydrogen (secondary N) is 1. The van der Waals surface area contributed by atoms with E-state index >= 15 is 0 Å². The fraction of sp³-hybridized carbons (Fsp3) is 0.280. The summed E-state index contributed by atoms with van der Waals surface area (Å²) in [5.74, 6) is 0. The zero-order chi connectivity index (χ0) is 20.8. The normalized spacial score (nSPS) is 19.6. The van der Waals surface area contributed by atoms with E-state index in [9.17, 15) is 0 Å². The van der Waals surface area contributed by atoms with E-state index in [4.69, 9.17) is 9.31 Å². The van der Waals surface area contributed by atoms with Gasteiger partial charge in [0.05, 0.1) is 11.2 Å². The highest BCUT2D eigenvalue weighted by Crippen LogP contribution is 2.41. The third-order valence-electron chi connectivity index (χ3n) is 6.17. The number of hydrogen-bond donors (Lipinski definition) is 1. The van der Waals surface area contributed by atoms with Crippen LogP contribution < -0.4 is 10.8 Å². The molecule has 0 radical (unpaired) electrons. The van der Waals surface area contributed by atoms with Crippen molar-refractivity contribution < 1.29 is 9.31 Å². The molecule has 2 heterocycles. The van der Waals surface area contributed by atoms with Crippen molar-refractivity contribution in [1.29, 1.82) is 0 Å². The molecule has 0 aromatic heterocycles. The van der Waals surface area contributed by atoms with Crippen molar-refractivity contribution in [3.8, 4) is 0 Å². The molecule has 1 saturated heterocycles. The van der Waals surface area contributed by atoms with Gasteiger partial charge >= 0.3 is 7.12 Å². The average molecular weight is 385 g/mol. The second kappa shape index (κ2) is 7.05. The maximum Gasteiger partial charge on any atom is 0.494 e. The minimum Gasteiger partial charge on any atom is -0.399 e. The molecule has 148 valence electrons. The molecule has 1 N–H and O–H groups in total. The summed E-state index contributed by atoms with van der Waals surface area (Å²) in [5, 5.41) is 3.63. The van der Waals surface area contributed by atoms with Gasteiger partial charge < -0.3 is 14.6 Å². The van der Waals surface area contributed by atoms with Gasteiger partial charge in [0, 0.05) is 22.5 Å². The lowest BCUT2D eigenvalue weighted by molar-refractivity contribution is 0.00578. The fourth-order valence-electron chi connectivity index (χ4n) is 3.85. The lowest BCUT2D eigenvalue weighted by atomic mass is 9.78. The molecule has 0 atom stereocenters. The smallest absolute Gasteiger partial charge is 0.399 e. The molecule has 0 bridgehead atoms. The van der Waals surface area contributed by atoms with Gasteiger partial charge in [-0.3, -0.25) is 0 Å². The predicted molar refractivity (Wildman–Crippen MR) is 124 cm³/mol. The quantitative estimate of drug-likeness (QED) is 0.686. The van der Waals surface area contributed by atoms with E-state index in [1.807, 2.05) is 19.1 Å². The molecule has 29 heavy (non-hydrogen) atoms. The first-order chi connectivity index (χ1) is 13.8. The Morgan fingerprint density at radius 3 is 2.21 bits per heavy atom. The van der Waals surface area contributed by atoms with Crippen LogP contribution in [0.1, 0.15) is 45.7 Å². The van der Waals surface area contributed by atoms with Crippen molar-refractivity contribution in [2.45, 2.75) is 45.8 Å². The Bertz CT molecular complexity index is 1020. The standard InChI is InChI=1S/C25H28BNO2/c1-7-11-19-18(8-2)20-12-9-10-13-22(20)27-23-16-17(14-15-21(19)23)26-28-24(3,4)25(5,6)29-26/h7-16,27H,2H2,1,3-6H3/b11-7-. The van der Waals surface area contributed by atoms with E-state index < -0.39 is 7.12 Å². The number of benzene rings is 2. The summed E-state index contributed by atoms with van der Waals surface area (Å²) in [6, 6.07) is 14.7. The first-order valence-electron chi connectivity index (χ1n) is 10.1. The molecule has 3 nitrogen and oxygen atoms in total. The van der Waals surface area contributed by atoms with Crippen molar-refractivity contribution in [2.24, 2.45) is 0 Å². The van der Waals surface area contributed by atoms with Crippen LogP contribution in [-0.2, 0) is 9.31 Å². The minimum atomic E-state index is -0.390. The highest BCUT2D eigenvalue weighted by molar-refractivity contribution is 6.62. The van der Waals surface area contributed by atoms with Crippen molar-refractivity contribution >= 4 is 35.1 Å². The molecular formula is C25H28BNO2. The van der Waals surface area contributed by atoms with Gasteiger partial charge in [-0.2, -0.15) is 0 Å². The van der Waals surface area contributed by atoms with Crippen LogP contribution in [0, 0.1) is 0 Å². The largest absolute Gasteiger partial charge is 0.494 e. The Balaban J connectivity index is 1.85. The summed E-state index contributed by atoms with van der Waals surface area (Å²) in [5.41, 5.74) is 6.92. The molecule has 0 spiro atoms. The number of fused-ring (bicyclic) bond motifs is 2. The molecule has 2 aliphatic rings. The van der Waals surface area contributed by atoms with Gasteiger partial charge in [-0.1, -0.05) is 55.1 Å². The molecule has 2 aromatic rings. The molecule has 1 fully saturated rings. The monoisotopic (exact) mass is 385 g/mol. The number of allylic oxidation sites excluding steroid dienone is 5. The first-order valence-corrected chi connectivity index (χ1v) is 10.1. The van der Waals surface area contributed by atoms with Crippen molar-refractivity contribution in [3.05, 3.63) is 78.4 Å². The Morgan fingerprint density at radius 2 is 1.55 bits per heavy atom. The molecule has 2 aliphatic heterocycles. The summed E-state index contributed by atoms with van der Waals surface area (Å²) in [6.45, 7) is 14.4. The average Bonchev–Trinajstić information content (AvgIpc) is 2.82. The zero-order valence-electron chi connectivity index (χ0n) is 17.9. The maximum atomic E-state index is 6.27. The van der Waals surface area contributed by atoms with Gasteiger partial charge in [-0.05, 0) is 63.4 Å². The van der Waals surface area contributed by atoms with Gasteiger partial charge in [0.25, 0.3) is 0 Å². The van der Waals surface area contributed by atoms with Crippen LogP contribution in [0.2, 0.25) is 0 Å². The van der Waals surface area contributed by atoms with E-state index in [-0.39, 0.29) is 11.2 Å². The lowest BCUT2D eigenvalue weighted by Crippen LogP contribution is -2.41. The van der Waals surface area contributed by atoms with Crippen LogP contribution in [0.3, 0.4) is 0 Å². The lowest BCUT2D eigenvalue weighted by Gasteiger charge is -2.32. The van der Waals surface area contributed by atoms with Crippen molar-refractivity contribution in [1.82, 2.24) is 0 Å². The van der Waals surface area contributed by atoms with E-state index in [1.54, 1.807) is 0 Å². The molecule has 2 aromatic carbocycles. The Morgan fingerprint density at radius 1 is 0.897 bits per heavy atom. The number of rotatable bonds is 3. The number of para-hydroxylation sites is 1. The third kappa shape index (κ3) is 3.27. The third-order valence-corrected chi connectivity index (χ3v) is 6.17. The Kier molecular flexibility index (Phi) is 4.80. The minimum absolute atomic E-state index is 0.365.